The Hall–Kier alpha value is -4.58. The number of ether oxygens (including phenoxy) is 2. The molecule has 3 rings (SSSR count). The van der Waals surface area contributed by atoms with Gasteiger partial charge in [-0.1, -0.05) is 152 Å². The summed E-state index contributed by atoms with van der Waals surface area (Å²) in [5.41, 5.74) is 5.45. The highest BCUT2D eigenvalue weighted by atomic mass is 16.5. The lowest BCUT2D eigenvalue weighted by molar-refractivity contribution is -0.143. The van der Waals surface area contributed by atoms with Gasteiger partial charge in [0.05, 0.1) is 23.6 Å². The van der Waals surface area contributed by atoms with Gasteiger partial charge in [-0.05, 0) is 98.2 Å². The molecule has 0 saturated carbocycles. The molecule has 0 aliphatic rings. The van der Waals surface area contributed by atoms with Crippen LogP contribution in [-0.2, 0) is 19.1 Å². The smallest absolute Gasteiger partial charge is 0.331 e. The molecule has 0 aliphatic heterocycles. The Balaban J connectivity index is 1.34. The van der Waals surface area contributed by atoms with E-state index in [0.29, 0.717) is 0 Å². The zero-order valence-electron chi connectivity index (χ0n) is 34.8. The largest absolute Gasteiger partial charge is 0.460 e. The van der Waals surface area contributed by atoms with Gasteiger partial charge in [-0.2, -0.15) is 0 Å². The first-order valence-corrected chi connectivity index (χ1v) is 21.5. The number of nitrogens with zero attached hydrogens (tertiary/aromatic N) is 2. The van der Waals surface area contributed by atoms with Gasteiger partial charge >= 0.3 is 11.9 Å². The van der Waals surface area contributed by atoms with Crippen molar-refractivity contribution >= 4 is 47.9 Å². The van der Waals surface area contributed by atoms with Crippen LogP contribution in [0.4, 0.5) is 11.4 Å². The third-order valence-corrected chi connectivity index (χ3v) is 9.83. The van der Waals surface area contributed by atoms with Gasteiger partial charge in [0.1, 0.15) is 0 Å². The van der Waals surface area contributed by atoms with E-state index >= 15 is 0 Å². The number of hydrogen-bond acceptors (Lipinski definition) is 6. The Kier molecular flexibility index (Phi) is 23.5. The van der Waals surface area contributed by atoms with Crippen molar-refractivity contribution in [3.63, 3.8) is 0 Å². The molecule has 0 N–H and O–H groups in total. The molecule has 0 spiro atoms. The highest BCUT2D eigenvalue weighted by Crippen LogP contribution is 2.18. The molecular formula is C50H68N2O4. The lowest BCUT2D eigenvalue weighted by Gasteiger charge is -2.11. The minimum Gasteiger partial charge on any atom is -0.460 e. The first-order chi connectivity index (χ1) is 27.3. The third kappa shape index (κ3) is 21.5. The standard InChI is InChI=1S/C50H68N2O4/c1-5-7-9-11-13-15-17-19-21-41(3)55-49(53)37-31-43-27-33-47(34-28-43)51-39-45-23-25-46(26-24-45)40-52-48-35-29-44(30-36-48)32-38-50(54)56-42(4)22-20-18-16-14-12-10-8-6-2/h23-42H,5-22H2,1-4H3/b37-31+,38-32+,51-39?,52-40?/t41-,42-/m0/s1. The van der Waals surface area contributed by atoms with Gasteiger partial charge in [0.25, 0.3) is 0 Å². The highest BCUT2D eigenvalue weighted by molar-refractivity contribution is 5.88. The molecule has 0 aromatic heterocycles. The van der Waals surface area contributed by atoms with E-state index in [4.69, 9.17) is 9.47 Å². The van der Waals surface area contributed by atoms with E-state index in [1.54, 1.807) is 12.2 Å². The predicted octanol–water partition coefficient (Wildman–Crippen LogP) is 14.1. The van der Waals surface area contributed by atoms with Crippen molar-refractivity contribution in [1.29, 1.82) is 0 Å². The summed E-state index contributed by atoms with van der Waals surface area (Å²) in [5.74, 6) is -0.606. The second-order valence-corrected chi connectivity index (χ2v) is 15.1. The fraction of sp³-hybridized carbons (Fsp3) is 0.480. The van der Waals surface area contributed by atoms with E-state index in [1.165, 1.54) is 102 Å². The molecule has 0 aliphatic carbocycles. The third-order valence-electron chi connectivity index (χ3n) is 9.83. The molecule has 6 nitrogen and oxygen atoms in total. The van der Waals surface area contributed by atoms with Gasteiger partial charge in [0.15, 0.2) is 0 Å². The number of esters is 2. The van der Waals surface area contributed by atoms with Crippen LogP contribution in [-0.4, -0.2) is 36.6 Å². The first kappa shape index (κ1) is 45.8. The number of unbranched alkanes of at least 4 members (excludes halogenated alkanes) is 14. The molecule has 0 fully saturated rings. The normalized spacial score (nSPS) is 12.9. The van der Waals surface area contributed by atoms with Gasteiger partial charge in [0, 0.05) is 24.6 Å². The number of benzene rings is 3. The summed E-state index contributed by atoms with van der Waals surface area (Å²) in [4.78, 5) is 33.8. The second kappa shape index (κ2) is 28.8. The molecule has 0 radical (unpaired) electrons. The summed E-state index contributed by atoms with van der Waals surface area (Å²) in [6.07, 6.45) is 32.3. The fourth-order valence-corrected chi connectivity index (χ4v) is 6.36. The van der Waals surface area contributed by atoms with Crippen LogP contribution < -0.4 is 0 Å². The second-order valence-electron chi connectivity index (χ2n) is 15.1. The Morgan fingerprint density at radius 2 is 0.768 bits per heavy atom. The number of rotatable bonds is 28. The summed E-state index contributed by atoms with van der Waals surface area (Å²) in [6, 6.07) is 23.5. The Morgan fingerprint density at radius 3 is 1.11 bits per heavy atom. The summed E-state index contributed by atoms with van der Waals surface area (Å²) in [7, 11) is 0. The van der Waals surface area contributed by atoms with Crippen LogP contribution in [0.5, 0.6) is 0 Å². The van der Waals surface area contributed by atoms with E-state index in [-0.39, 0.29) is 24.1 Å². The zero-order valence-corrected chi connectivity index (χ0v) is 34.8. The van der Waals surface area contributed by atoms with Crippen molar-refractivity contribution in [3.05, 3.63) is 107 Å². The summed E-state index contributed by atoms with van der Waals surface area (Å²) in [5, 5.41) is 0. The first-order valence-electron chi connectivity index (χ1n) is 21.5. The minimum atomic E-state index is -0.303. The van der Waals surface area contributed by atoms with Crippen LogP contribution in [0.3, 0.4) is 0 Å². The molecule has 0 unspecified atom stereocenters. The Morgan fingerprint density at radius 1 is 0.464 bits per heavy atom. The van der Waals surface area contributed by atoms with E-state index in [9.17, 15) is 9.59 Å². The number of hydrogen-bond donors (Lipinski definition) is 0. The van der Waals surface area contributed by atoms with Gasteiger partial charge in [-0.15, -0.1) is 0 Å². The zero-order chi connectivity index (χ0) is 40.1. The van der Waals surface area contributed by atoms with Crippen LogP contribution in [0.2, 0.25) is 0 Å². The molecule has 6 heteroatoms. The molecule has 0 saturated heterocycles. The van der Waals surface area contributed by atoms with Crippen LogP contribution in [0.15, 0.2) is 94.9 Å². The van der Waals surface area contributed by atoms with Crippen molar-refractivity contribution in [2.75, 3.05) is 0 Å². The van der Waals surface area contributed by atoms with Gasteiger partial charge in [-0.3, -0.25) is 9.98 Å². The number of carbonyl (C=O) groups is 2. The van der Waals surface area contributed by atoms with Gasteiger partial charge < -0.3 is 9.47 Å². The minimum absolute atomic E-state index is 0.0697. The van der Waals surface area contributed by atoms with Gasteiger partial charge in [0.2, 0.25) is 0 Å². The van der Waals surface area contributed by atoms with E-state index in [2.05, 4.69) is 23.8 Å². The Bertz CT molecular complexity index is 1500. The maximum Gasteiger partial charge on any atom is 0.331 e. The average Bonchev–Trinajstić information content (AvgIpc) is 3.21. The molecule has 2 atom stereocenters. The van der Waals surface area contributed by atoms with E-state index in [0.717, 1.165) is 59.3 Å². The quantitative estimate of drug-likeness (QED) is 0.0319. The molecular weight excluding hydrogens is 693 g/mol. The average molecular weight is 761 g/mol. The molecule has 3 aromatic rings. The van der Waals surface area contributed by atoms with Crippen LogP contribution in [0.25, 0.3) is 12.2 Å². The summed E-state index contributed by atoms with van der Waals surface area (Å²) in [6.45, 7) is 8.44. The monoisotopic (exact) mass is 761 g/mol. The van der Waals surface area contributed by atoms with Crippen molar-refractivity contribution in [3.8, 4) is 0 Å². The van der Waals surface area contributed by atoms with Crippen LogP contribution in [0.1, 0.15) is 166 Å². The Labute approximate surface area is 338 Å². The summed E-state index contributed by atoms with van der Waals surface area (Å²) < 4.78 is 11.1. The topological polar surface area (TPSA) is 77.3 Å². The lowest BCUT2D eigenvalue weighted by atomic mass is 10.1. The number of aliphatic imine (C=N–C) groups is 2. The molecule has 0 heterocycles. The predicted molar refractivity (Wildman–Crippen MR) is 237 cm³/mol. The van der Waals surface area contributed by atoms with Crippen molar-refractivity contribution < 1.29 is 19.1 Å². The SMILES string of the molecule is CCCCCCCCCC[C@H](C)OC(=O)/C=C/c1ccc(N=Cc2ccc(C=Nc3ccc(/C=C/C(=O)O[C@@H](C)CCCCCCCCCC)cc3)cc2)cc1. The molecule has 0 amide bonds. The molecule has 0 bridgehead atoms. The molecule has 302 valence electrons. The lowest BCUT2D eigenvalue weighted by Crippen LogP contribution is -2.12. The van der Waals surface area contributed by atoms with Crippen molar-refractivity contribution in [1.82, 2.24) is 0 Å². The van der Waals surface area contributed by atoms with Crippen LogP contribution in [0, 0.1) is 0 Å². The van der Waals surface area contributed by atoms with Crippen LogP contribution >= 0.6 is 0 Å². The van der Waals surface area contributed by atoms with Gasteiger partial charge in [-0.25, -0.2) is 9.59 Å². The summed E-state index contributed by atoms with van der Waals surface area (Å²) >= 11 is 0. The fourth-order valence-electron chi connectivity index (χ4n) is 6.36. The van der Waals surface area contributed by atoms with Crippen molar-refractivity contribution in [2.45, 2.75) is 155 Å². The maximum absolute atomic E-state index is 12.3. The maximum atomic E-state index is 12.3. The molecule has 3 aromatic carbocycles. The molecule has 56 heavy (non-hydrogen) atoms. The highest BCUT2D eigenvalue weighted by Gasteiger charge is 2.08. The number of carbonyl (C=O) groups excluding carboxylic acids is 2. The van der Waals surface area contributed by atoms with E-state index < -0.39 is 0 Å². The van der Waals surface area contributed by atoms with Crippen molar-refractivity contribution in [2.24, 2.45) is 9.98 Å². The van der Waals surface area contributed by atoms with E-state index in [1.807, 2.05) is 99.1 Å².